The first-order valence-electron chi connectivity index (χ1n) is 7.83. The topological polar surface area (TPSA) is 113 Å². The molecule has 1 aromatic heterocycles. The molecule has 0 fully saturated rings. The highest BCUT2D eigenvalue weighted by molar-refractivity contribution is 14.1. The summed E-state index contributed by atoms with van der Waals surface area (Å²) in [7, 11) is 1.27. The molecule has 2 aromatic rings. The lowest BCUT2D eigenvalue weighted by Crippen LogP contribution is -2.43. The van der Waals surface area contributed by atoms with Gasteiger partial charge in [0.2, 0.25) is 5.78 Å². The molecular weight excluding hydrogens is 453 g/mol. The number of rotatable bonds is 6. The van der Waals surface area contributed by atoms with Gasteiger partial charge in [0.05, 0.1) is 5.56 Å². The zero-order chi connectivity index (χ0) is 19.4. The number of nitrogens with two attached hydrogens (primary N) is 1. The van der Waals surface area contributed by atoms with Gasteiger partial charge in [0.1, 0.15) is 11.4 Å². The molecule has 2 rings (SSSR count). The Bertz CT molecular complexity index is 977. The van der Waals surface area contributed by atoms with Crippen LogP contribution in [0.1, 0.15) is 34.1 Å². The van der Waals surface area contributed by atoms with Crippen LogP contribution in [0.2, 0.25) is 0 Å². The molecule has 0 aliphatic carbocycles. The predicted octanol–water partition coefficient (Wildman–Crippen LogP) is 1.18. The second kappa shape index (κ2) is 8.30. The molecule has 138 valence electrons. The summed E-state index contributed by atoms with van der Waals surface area (Å²) in [5.41, 5.74) is 4.40. The maximum absolute atomic E-state index is 12.4. The molecule has 8 nitrogen and oxygen atoms in total. The van der Waals surface area contributed by atoms with Crippen LogP contribution in [0, 0.1) is 3.57 Å². The van der Waals surface area contributed by atoms with Gasteiger partial charge in [-0.05, 0) is 47.2 Å². The molecule has 0 bridgehead atoms. The summed E-state index contributed by atoms with van der Waals surface area (Å²) in [6.07, 6.45) is 0.595. The van der Waals surface area contributed by atoms with Gasteiger partial charge < -0.3 is 10.5 Å². The van der Waals surface area contributed by atoms with Crippen LogP contribution in [-0.4, -0.2) is 27.5 Å². The van der Waals surface area contributed by atoms with Crippen molar-refractivity contribution in [2.24, 2.45) is 7.05 Å². The highest BCUT2D eigenvalue weighted by Gasteiger charge is 2.22. The Kier molecular flexibility index (Phi) is 6.35. The van der Waals surface area contributed by atoms with Crippen LogP contribution in [0.4, 0.5) is 5.82 Å². The van der Waals surface area contributed by atoms with E-state index in [1.165, 1.54) is 7.05 Å². The van der Waals surface area contributed by atoms with Crippen molar-refractivity contribution in [3.05, 3.63) is 59.8 Å². The van der Waals surface area contributed by atoms with Crippen LogP contribution in [0.3, 0.4) is 0 Å². The van der Waals surface area contributed by atoms with E-state index in [1.54, 1.807) is 18.2 Å². The molecule has 0 amide bonds. The van der Waals surface area contributed by atoms with Crippen LogP contribution in [0.25, 0.3) is 0 Å². The van der Waals surface area contributed by atoms with Gasteiger partial charge in [-0.2, -0.15) is 0 Å². The third kappa shape index (κ3) is 4.03. The zero-order valence-corrected chi connectivity index (χ0v) is 16.5. The number of benzene rings is 1. The number of halogens is 1. The molecule has 1 heterocycles. The van der Waals surface area contributed by atoms with Crippen molar-refractivity contribution in [1.82, 2.24) is 9.13 Å². The van der Waals surface area contributed by atoms with E-state index < -0.39 is 29.6 Å². The Morgan fingerprint density at radius 1 is 1.27 bits per heavy atom. The van der Waals surface area contributed by atoms with Crippen molar-refractivity contribution in [3.8, 4) is 0 Å². The Labute approximate surface area is 162 Å². The van der Waals surface area contributed by atoms with Crippen molar-refractivity contribution in [2.45, 2.75) is 19.9 Å². The van der Waals surface area contributed by atoms with E-state index in [1.807, 2.05) is 35.6 Å². The predicted molar refractivity (Wildman–Crippen MR) is 104 cm³/mol. The number of ketones is 1. The van der Waals surface area contributed by atoms with Gasteiger partial charge in [-0.15, -0.1) is 0 Å². The summed E-state index contributed by atoms with van der Waals surface area (Å²) < 4.78 is 7.82. The number of Topliss-reactive ketones (excluding diaryl/α,β-unsaturated/α-hetero) is 1. The van der Waals surface area contributed by atoms with Gasteiger partial charge >= 0.3 is 11.7 Å². The van der Waals surface area contributed by atoms with Crippen LogP contribution >= 0.6 is 22.6 Å². The minimum Gasteiger partial charge on any atom is -0.454 e. The van der Waals surface area contributed by atoms with Crippen LogP contribution < -0.4 is 17.0 Å². The Hall–Kier alpha value is -2.43. The van der Waals surface area contributed by atoms with Crippen molar-refractivity contribution in [1.29, 1.82) is 0 Å². The standard InChI is InChI=1S/C17H18IN3O5/c1-3-7-21-14(19)13(15(23)20(2)17(21)25)12(22)9-26-16(24)10-5-4-6-11(18)8-10/h4-6,8H,3,7,9,19H2,1-2H3. The lowest BCUT2D eigenvalue weighted by atomic mass is 10.2. The lowest BCUT2D eigenvalue weighted by Gasteiger charge is -2.13. The maximum Gasteiger partial charge on any atom is 0.338 e. The average Bonchev–Trinajstić information content (AvgIpc) is 2.61. The molecule has 1 aromatic carbocycles. The second-order valence-electron chi connectivity index (χ2n) is 5.57. The number of carbonyl (C=O) groups excluding carboxylic acids is 2. The van der Waals surface area contributed by atoms with Gasteiger partial charge in [0, 0.05) is 17.2 Å². The largest absolute Gasteiger partial charge is 0.454 e. The van der Waals surface area contributed by atoms with E-state index in [0.29, 0.717) is 12.0 Å². The minimum absolute atomic E-state index is 0.213. The molecule has 0 unspecified atom stereocenters. The van der Waals surface area contributed by atoms with Gasteiger partial charge in [-0.1, -0.05) is 13.0 Å². The summed E-state index contributed by atoms with van der Waals surface area (Å²) >= 11 is 2.05. The molecule has 0 atom stereocenters. The Morgan fingerprint density at radius 3 is 2.58 bits per heavy atom. The van der Waals surface area contributed by atoms with Gasteiger partial charge in [0.25, 0.3) is 5.56 Å². The van der Waals surface area contributed by atoms with Gasteiger partial charge in [0.15, 0.2) is 6.61 Å². The van der Waals surface area contributed by atoms with Gasteiger partial charge in [-0.25, -0.2) is 9.59 Å². The summed E-state index contributed by atoms with van der Waals surface area (Å²) in [4.78, 5) is 48.8. The molecule has 0 saturated heterocycles. The number of anilines is 1. The first-order chi connectivity index (χ1) is 12.3. The third-order valence-corrected chi connectivity index (χ3v) is 4.37. The van der Waals surface area contributed by atoms with E-state index in [9.17, 15) is 19.2 Å². The molecule has 26 heavy (non-hydrogen) atoms. The smallest absolute Gasteiger partial charge is 0.338 e. The highest BCUT2D eigenvalue weighted by atomic mass is 127. The van der Waals surface area contributed by atoms with E-state index in [2.05, 4.69) is 0 Å². The fourth-order valence-electron chi connectivity index (χ4n) is 2.39. The van der Waals surface area contributed by atoms with Crippen LogP contribution in [-0.2, 0) is 18.3 Å². The average molecular weight is 471 g/mol. The molecular formula is C17H18IN3O5. The van der Waals surface area contributed by atoms with Crippen molar-refractivity contribution < 1.29 is 14.3 Å². The molecule has 9 heteroatoms. The summed E-state index contributed by atoms with van der Waals surface area (Å²) in [6, 6.07) is 6.67. The first-order valence-corrected chi connectivity index (χ1v) is 8.91. The maximum atomic E-state index is 12.4. The third-order valence-electron chi connectivity index (χ3n) is 3.70. The van der Waals surface area contributed by atoms with Gasteiger partial charge in [-0.3, -0.25) is 18.7 Å². The first kappa shape index (κ1) is 19.9. The normalized spacial score (nSPS) is 10.6. The number of esters is 1. The van der Waals surface area contributed by atoms with Crippen molar-refractivity contribution in [3.63, 3.8) is 0 Å². The summed E-state index contributed by atoms with van der Waals surface area (Å²) in [5, 5.41) is 0. The number of carbonyl (C=O) groups is 2. The van der Waals surface area contributed by atoms with Crippen molar-refractivity contribution >= 4 is 40.2 Å². The molecule has 0 radical (unpaired) electrons. The fourth-order valence-corrected chi connectivity index (χ4v) is 2.93. The Morgan fingerprint density at radius 2 is 1.96 bits per heavy atom. The van der Waals surface area contributed by atoms with Crippen LogP contribution in [0.15, 0.2) is 33.9 Å². The molecule has 0 aliphatic heterocycles. The number of hydrogen-bond acceptors (Lipinski definition) is 6. The fraction of sp³-hybridized carbons (Fsp3) is 0.294. The minimum atomic E-state index is -0.810. The second-order valence-corrected chi connectivity index (χ2v) is 6.81. The molecule has 0 spiro atoms. The SMILES string of the molecule is CCCn1c(N)c(C(=O)COC(=O)c2cccc(I)c2)c(=O)n(C)c1=O. The highest BCUT2D eigenvalue weighted by Crippen LogP contribution is 2.10. The number of ether oxygens (including phenoxy) is 1. The lowest BCUT2D eigenvalue weighted by molar-refractivity contribution is 0.0474. The van der Waals surface area contributed by atoms with E-state index in [0.717, 1.165) is 12.7 Å². The van der Waals surface area contributed by atoms with Crippen LogP contribution in [0.5, 0.6) is 0 Å². The summed E-state index contributed by atoms with van der Waals surface area (Å²) in [6.45, 7) is 1.46. The number of nitrogen functional groups attached to an aromatic ring is 1. The van der Waals surface area contributed by atoms with Crippen molar-refractivity contribution in [2.75, 3.05) is 12.3 Å². The summed E-state index contributed by atoms with van der Waals surface area (Å²) in [5.74, 6) is -1.66. The molecule has 0 saturated carbocycles. The van der Waals surface area contributed by atoms with E-state index >= 15 is 0 Å². The monoisotopic (exact) mass is 471 g/mol. The molecule has 0 aliphatic rings. The zero-order valence-electron chi connectivity index (χ0n) is 14.3. The number of hydrogen-bond donors (Lipinski definition) is 1. The number of nitrogens with zero attached hydrogens (tertiary/aromatic N) is 2. The van der Waals surface area contributed by atoms with E-state index in [4.69, 9.17) is 10.5 Å². The number of aromatic nitrogens is 2. The Balaban J connectivity index is 2.29. The quantitative estimate of drug-likeness (QED) is 0.385. The van der Waals surface area contributed by atoms with E-state index in [-0.39, 0.29) is 17.9 Å². The molecule has 2 N–H and O–H groups in total.